The third-order valence-corrected chi connectivity index (χ3v) is 5.76. The summed E-state index contributed by atoms with van der Waals surface area (Å²) in [7, 11) is 1.88. The molecule has 10 heteroatoms. The van der Waals surface area contributed by atoms with E-state index in [0.29, 0.717) is 17.4 Å². The Labute approximate surface area is 184 Å². The third kappa shape index (κ3) is 4.44. The molecule has 3 aromatic rings. The smallest absolute Gasteiger partial charge is 0.306 e. The van der Waals surface area contributed by atoms with E-state index in [0.717, 1.165) is 29.6 Å². The molecule has 2 amide bonds. The van der Waals surface area contributed by atoms with Crippen molar-refractivity contribution in [3.05, 3.63) is 39.8 Å². The van der Waals surface area contributed by atoms with Gasteiger partial charge in [0, 0.05) is 18.1 Å². The van der Waals surface area contributed by atoms with E-state index in [1.165, 1.54) is 37.0 Å². The molecular weight excluding hydrogens is 425 g/mol. The van der Waals surface area contributed by atoms with Gasteiger partial charge < -0.3 is 5.32 Å². The number of anilines is 2. The zero-order chi connectivity index (χ0) is 21.3. The van der Waals surface area contributed by atoms with Gasteiger partial charge >= 0.3 is 6.03 Å². The first kappa shape index (κ1) is 20.7. The molecule has 0 bridgehead atoms. The normalized spacial score (nSPS) is 14.7. The van der Waals surface area contributed by atoms with Gasteiger partial charge in [0.2, 0.25) is 0 Å². The average Bonchev–Trinajstić information content (AvgIpc) is 2.99. The van der Waals surface area contributed by atoms with Gasteiger partial charge in [-0.15, -0.1) is 0 Å². The van der Waals surface area contributed by atoms with Crippen LogP contribution in [0.1, 0.15) is 49.3 Å². The summed E-state index contributed by atoms with van der Waals surface area (Å²) in [6, 6.07) is 4.57. The van der Waals surface area contributed by atoms with Crippen LogP contribution in [0.4, 0.5) is 16.3 Å². The van der Waals surface area contributed by atoms with E-state index in [4.69, 9.17) is 23.2 Å². The number of aromatic nitrogens is 4. The van der Waals surface area contributed by atoms with Crippen LogP contribution in [0.3, 0.4) is 0 Å². The Morgan fingerprint density at radius 1 is 1.10 bits per heavy atom. The second kappa shape index (κ2) is 8.65. The minimum atomic E-state index is -0.476. The highest BCUT2D eigenvalue weighted by Gasteiger charge is 2.22. The molecule has 3 heterocycles. The molecule has 1 fully saturated rings. The summed E-state index contributed by atoms with van der Waals surface area (Å²) in [6.45, 7) is 2.01. The molecule has 0 unspecified atom stereocenters. The fourth-order valence-electron chi connectivity index (χ4n) is 4.10. The number of aryl methyl sites for hydroxylation is 2. The van der Waals surface area contributed by atoms with Gasteiger partial charge in [-0.2, -0.15) is 5.10 Å². The lowest BCUT2D eigenvalue weighted by Crippen LogP contribution is -2.34. The topological polar surface area (TPSA) is 96.8 Å². The van der Waals surface area contributed by atoms with E-state index in [9.17, 15) is 4.79 Å². The van der Waals surface area contributed by atoms with E-state index in [2.05, 4.69) is 31.2 Å². The fourth-order valence-corrected chi connectivity index (χ4v) is 4.56. The molecule has 0 radical (unpaired) electrons. The van der Waals surface area contributed by atoms with Crippen LogP contribution in [-0.2, 0) is 7.05 Å². The van der Waals surface area contributed by atoms with Crippen molar-refractivity contribution in [2.24, 2.45) is 7.05 Å². The number of hydrogen-bond donors (Lipinski definition) is 3. The number of rotatable bonds is 4. The van der Waals surface area contributed by atoms with Gasteiger partial charge in [-0.25, -0.2) is 14.8 Å². The van der Waals surface area contributed by atoms with Crippen LogP contribution < -0.4 is 16.2 Å². The van der Waals surface area contributed by atoms with Crippen LogP contribution in [-0.4, -0.2) is 25.8 Å². The molecule has 4 rings (SSSR count). The number of carbonyl (C=O) groups is 1. The molecular formula is C20H23Cl2N7O. The Morgan fingerprint density at radius 2 is 1.80 bits per heavy atom. The van der Waals surface area contributed by atoms with Crippen molar-refractivity contribution in [3.63, 3.8) is 0 Å². The second-order valence-corrected chi connectivity index (χ2v) is 8.32. The summed E-state index contributed by atoms with van der Waals surface area (Å²) >= 11 is 11.7. The molecule has 0 spiro atoms. The molecule has 0 aliphatic heterocycles. The highest BCUT2D eigenvalue weighted by molar-refractivity contribution is 6.33. The van der Waals surface area contributed by atoms with E-state index in [-0.39, 0.29) is 10.3 Å². The first-order valence-corrected chi connectivity index (χ1v) is 10.7. The number of nitrogens with one attached hydrogen (secondary N) is 3. The van der Waals surface area contributed by atoms with Crippen molar-refractivity contribution in [1.29, 1.82) is 0 Å². The first-order chi connectivity index (χ1) is 14.4. The maximum absolute atomic E-state index is 12.3. The molecule has 3 aromatic heterocycles. The van der Waals surface area contributed by atoms with Crippen LogP contribution in [0.25, 0.3) is 11.0 Å². The van der Waals surface area contributed by atoms with Gasteiger partial charge in [0.1, 0.15) is 16.1 Å². The average molecular weight is 448 g/mol. The Kier molecular flexibility index (Phi) is 5.97. The van der Waals surface area contributed by atoms with Crippen LogP contribution in [0.5, 0.6) is 0 Å². The van der Waals surface area contributed by atoms with Gasteiger partial charge in [0.05, 0.1) is 5.69 Å². The number of halogens is 2. The van der Waals surface area contributed by atoms with Gasteiger partial charge in [-0.05, 0) is 49.4 Å². The molecule has 3 N–H and O–H groups in total. The van der Waals surface area contributed by atoms with Gasteiger partial charge in [0.25, 0.3) is 0 Å². The van der Waals surface area contributed by atoms with E-state index in [1.807, 2.05) is 20.0 Å². The van der Waals surface area contributed by atoms with Crippen molar-refractivity contribution in [1.82, 2.24) is 25.2 Å². The molecule has 1 saturated carbocycles. The minimum absolute atomic E-state index is 0.196. The van der Waals surface area contributed by atoms with Crippen molar-refractivity contribution >= 4 is 51.8 Å². The highest BCUT2D eigenvalue weighted by atomic mass is 35.5. The molecule has 0 saturated heterocycles. The predicted molar refractivity (Wildman–Crippen MR) is 119 cm³/mol. The number of hydrogen-bond acceptors (Lipinski definition) is 5. The highest BCUT2D eigenvalue weighted by Crippen LogP contribution is 2.38. The summed E-state index contributed by atoms with van der Waals surface area (Å²) in [5.41, 5.74) is 8.97. The summed E-state index contributed by atoms with van der Waals surface area (Å²) in [5, 5.41) is 8.71. The second-order valence-electron chi connectivity index (χ2n) is 7.54. The maximum Gasteiger partial charge on any atom is 0.337 e. The predicted octanol–water partition coefficient (Wildman–Crippen LogP) is 5.17. The molecule has 0 aromatic carbocycles. The van der Waals surface area contributed by atoms with Crippen molar-refractivity contribution in [2.45, 2.75) is 44.9 Å². The van der Waals surface area contributed by atoms with Gasteiger partial charge in [-0.1, -0.05) is 42.5 Å². The number of hydrazine groups is 1. The fraction of sp³-hybridized carbons (Fsp3) is 0.400. The minimum Gasteiger partial charge on any atom is -0.306 e. The third-order valence-electron chi connectivity index (χ3n) is 5.37. The summed E-state index contributed by atoms with van der Waals surface area (Å²) < 4.78 is 1.78. The Balaban J connectivity index is 1.55. The number of nitrogens with zero attached hydrogens (tertiary/aromatic N) is 4. The summed E-state index contributed by atoms with van der Waals surface area (Å²) in [5.74, 6) is 1.04. The Bertz CT molecular complexity index is 1070. The van der Waals surface area contributed by atoms with Gasteiger partial charge in [0.15, 0.2) is 5.65 Å². The van der Waals surface area contributed by atoms with E-state index >= 15 is 0 Å². The molecule has 0 atom stereocenters. The molecule has 1 aliphatic carbocycles. The van der Waals surface area contributed by atoms with E-state index < -0.39 is 6.03 Å². The molecule has 30 heavy (non-hydrogen) atoms. The van der Waals surface area contributed by atoms with Crippen LogP contribution in [0.15, 0.2) is 18.2 Å². The Morgan fingerprint density at radius 3 is 2.50 bits per heavy atom. The van der Waals surface area contributed by atoms with Crippen molar-refractivity contribution < 1.29 is 4.79 Å². The number of carbonyl (C=O) groups excluding carboxylic acids is 1. The lowest BCUT2D eigenvalue weighted by molar-refractivity contribution is 0.254. The number of pyridine rings is 2. The summed E-state index contributed by atoms with van der Waals surface area (Å²) in [4.78, 5) is 20.8. The van der Waals surface area contributed by atoms with Crippen LogP contribution in [0, 0.1) is 6.92 Å². The lowest BCUT2D eigenvalue weighted by atomic mass is 9.83. The standard InChI is InChI=1S/C20H23Cl2N7O/c1-11-18-14(12-6-4-3-5-7-12)10-17(25-19(18)29(2)28-11)26-27-20(30)23-13-8-15(21)24-16(22)9-13/h8-10,12H,3-7H2,1-2H3,(H,25,26)(H2,23,24,27,30). The quantitative estimate of drug-likeness (QED) is 0.378. The summed E-state index contributed by atoms with van der Waals surface area (Å²) in [6.07, 6.45) is 6.06. The van der Waals surface area contributed by atoms with Crippen LogP contribution >= 0.6 is 23.2 Å². The molecule has 158 valence electrons. The number of amides is 2. The maximum atomic E-state index is 12.3. The van der Waals surface area contributed by atoms with Crippen molar-refractivity contribution in [2.75, 3.05) is 10.7 Å². The Hall–Kier alpha value is -2.58. The zero-order valence-electron chi connectivity index (χ0n) is 16.8. The first-order valence-electron chi connectivity index (χ1n) is 9.91. The van der Waals surface area contributed by atoms with E-state index in [1.54, 1.807) is 4.68 Å². The van der Waals surface area contributed by atoms with Crippen LogP contribution in [0.2, 0.25) is 10.3 Å². The number of urea groups is 1. The molecule has 8 nitrogen and oxygen atoms in total. The SMILES string of the molecule is Cc1nn(C)c2nc(NNC(=O)Nc3cc(Cl)nc(Cl)c3)cc(C3CCCCC3)c12. The van der Waals surface area contributed by atoms with Gasteiger partial charge in [-0.3, -0.25) is 15.5 Å². The molecule has 1 aliphatic rings. The monoisotopic (exact) mass is 447 g/mol. The lowest BCUT2D eigenvalue weighted by Gasteiger charge is -2.23. The number of fused-ring (bicyclic) bond motifs is 1. The zero-order valence-corrected chi connectivity index (χ0v) is 18.3. The largest absolute Gasteiger partial charge is 0.337 e. The van der Waals surface area contributed by atoms with Crippen molar-refractivity contribution in [3.8, 4) is 0 Å².